The van der Waals surface area contributed by atoms with Gasteiger partial charge in [-0.25, -0.2) is 0 Å². The van der Waals surface area contributed by atoms with Crippen molar-refractivity contribution < 1.29 is 14.7 Å². The van der Waals surface area contributed by atoms with Gasteiger partial charge in [-0.3, -0.25) is 14.5 Å². The first-order valence-electron chi connectivity index (χ1n) is 6.69. The molecule has 19 heavy (non-hydrogen) atoms. The molecule has 4 heteroatoms. The van der Waals surface area contributed by atoms with Gasteiger partial charge in [-0.15, -0.1) is 0 Å². The second-order valence-corrected chi connectivity index (χ2v) is 5.45. The Balaban J connectivity index is 1.93. The molecule has 1 aromatic carbocycles. The first kappa shape index (κ1) is 12.4. The van der Waals surface area contributed by atoms with Gasteiger partial charge in [-0.05, 0) is 24.0 Å². The summed E-state index contributed by atoms with van der Waals surface area (Å²) in [6, 6.07) is 8.10. The molecule has 1 fully saturated rings. The lowest BCUT2D eigenvalue weighted by atomic mass is 9.73. The highest BCUT2D eigenvalue weighted by atomic mass is 16.3. The zero-order valence-electron chi connectivity index (χ0n) is 10.8. The molecule has 2 aliphatic rings. The van der Waals surface area contributed by atoms with E-state index in [1.165, 1.54) is 16.0 Å². The van der Waals surface area contributed by atoms with Crippen molar-refractivity contribution >= 4 is 11.8 Å². The summed E-state index contributed by atoms with van der Waals surface area (Å²) in [6.07, 6.45) is 2.58. The minimum Gasteiger partial charge on any atom is -0.395 e. The molecule has 1 N–H and O–H groups in total. The van der Waals surface area contributed by atoms with Gasteiger partial charge < -0.3 is 5.11 Å². The molecule has 1 aromatic rings. The van der Waals surface area contributed by atoms with Crippen molar-refractivity contribution in [1.29, 1.82) is 0 Å². The summed E-state index contributed by atoms with van der Waals surface area (Å²) in [4.78, 5) is 25.5. The predicted molar refractivity (Wildman–Crippen MR) is 69.5 cm³/mol. The number of hydrogen-bond donors (Lipinski definition) is 1. The SMILES string of the molecule is O=C1CC2(CCc3ccccc32)CC(=O)N1CCO. The average molecular weight is 259 g/mol. The lowest BCUT2D eigenvalue weighted by Gasteiger charge is -2.37. The maximum absolute atomic E-state index is 12.2. The fourth-order valence-corrected chi connectivity index (χ4v) is 3.45. The van der Waals surface area contributed by atoms with Crippen LogP contribution in [0.3, 0.4) is 0 Å². The van der Waals surface area contributed by atoms with E-state index in [1.807, 2.05) is 18.2 Å². The third-order valence-corrected chi connectivity index (χ3v) is 4.37. The zero-order chi connectivity index (χ0) is 13.5. The van der Waals surface area contributed by atoms with Crippen molar-refractivity contribution in [3.05, 3.63) is 35.4 Å². The number of fused-ring (bicyclic) bond motifs is 2. The number of amides is 2. The van der Waals surface area contributed by atoms with Crippen molar-refractivity contribution in [3.8, 4) is 0 Å². The second kappa shape index (κ2) is 4.46. The Morgan fingerprint density at radius 3 is 2.53 bits per heavy atom. The Labute approximate surface area is 112 Å². The lowest BCUT2D eigenvalue weighted by molar-refractivity contribution is -0.151. The predicted octanol–water partition coefficient (Wildman–Crippen LogP) is 1.01. The number of hydrogen-bond acceptors (Lipinski definition) is 3. The molecule has 2 amide bonds. The number of nitrogens with zero attached hydrogens (tertiary/aromatic N) is 1. The quantitative estimate of drug-likeness (QED) is 0.806. The Morgan fingerprint density at radius 2 is 1.84 bits per heavy atom. The number of imide groups is 1. The summed E-state index contributed by atoms with van der Waals surface area (Å²) in [7, 11) is 0. The van der Waals surface area contributed by atoms with Crippen LogP contribution < -0.4 is 0 Å². The van der Waals surface area contributed by atoms with Crippen LogP contribution in [0.2, 0.25) is 0 Å². The maximum Gasteiger partial charge on any atom is 0.230 e. The Bertz CT molecular complexity index is 520. The monoisotopic (exact) mass is 259 g/mol. The number of carbonyl (C=O) groups excluding carboxylic acids is 2. The zero-order valence-corrected chi connectivity index (χ0v) is 10.8. The second-order valence-electron chi connectivity index (χ2n) is 5.45. The number of likely N-dealkylation sites (tertiary alicyclic amines) is 1. The standard InChI is InChI=1S/C15H17NO3/c17-8-7-16-13(18)9-15(10-14(16)19)6-5-11-3-1-2-4-12(11)15/h1-4,17H,5-10H2. The van der Waals surface area contributed by atoms with Gasteiger partial charge >= 0.3 is 0 Å². The first-order valence-corrected chi connectivity index (χ1v) is 6.69. The minimum atomic E-state index is -0.295. The summed E-state index contributed by atoms with van der Waals surface area (Å²) < 4.78 is 0. The molecule has 100 valence electrons. The minimum absolute atomic E-state index is 0.120. The summed E-state index contributed by atoms with van der Waals surface area (Å²) in [5.41, 5.74) is 2.13. The van der Waals surface area contributed by atoms with Gasteiger partial charge in [0.1, 0.15) is 0 Å². The highest BCUT2D eigenvalue weighted by Gasteiger charge is 2.47. The average Bonchev–Trinajstić information content (AvgIpc) is 2.74. The van der Waals surface area contributed by atoms with Crippen LogP contribution in [0.1, 0.15) is 30.4 Å². The molecular formula is C15H17NO3. The van der Waals surface area contributed by atoms with Gasteiger partial charge in [0.15, 0.2) is 0 Å². The van der Waals surface area contributed by atoms with Crippen LogP contribution in [0.25, 0.3) is 0 Å². The number of aryl methyl sites for hydroxylation is 1. The first-order chi connectivity index (χ1) is 9.16. The molecule has 0 bridgehead atoms. The Hall–Kier alpha value is -1.68. The fraction of sp³-hybridized carbons (Fsp3) is 0.467. The number of rotatable bonds is 2. The number of aliphatic hydroxyl groups is 1. The van der Waals surface area contributed by atoms with Gasteiger partial charge in [0.05, 0.1) is 13.2 Å². The summed E-state index contributed by atoms with van der Waals surface area (Å²) in [5, 5.41) is 8.92. The van der Waals surface area contributed by atoms with Gasteiger partial charge in [-0.1, -0.05) is 24.3 Å². The normalized spacial score (nSPS) is 21.0. The Kier molecular flexibility index (Phi) is 2.90. The Morgan fingerprint density at radius 1 is 1.16 bits per heavy atom. The molecule has 1 aliphatic carbocycles. The molecule has 0 atom stereocenters. The number of benzene rings is 1. The van der Waals surface area contributed by atoms with Crippen LogP contribution in [0.4, 0.5) is 0 Å². The van der Waals surface area contributed by atoms with Gasteiger partial charge in [0.25, 0.3) is 0 Å². The molecule has 0 aromatic heterocycles. The molecule has 3 rings (SSSR count). The molecule has 0 saturated carbocycles. The van der Waals surface area contributed by atoms with Crippen molar-refractivity contribution in [1.82, 2.24) is 4.90 Å². The van der Waals surface area contributed by atoms with Gasteiger partial charge in [0, 0.05) is 18.3 Å². The van der Waals surface area contributed by atoms with Crippen molar-refractivity contribution in [2.24, 2.45) is 0 Å². The highest BCUT2D eigenvalue weighted by Crippen LogP contribution is 2.46. The number of aliphatic hydroxyl groups excluding tert-OH is 1. The van der Waals surface area contributed by atoms with E-state index in [4.69, 9.17) is 5.11 Å². The van der Waals surface area contributed by atoms with E-state index in [2.05, 4.69) is 6.07 Å². The van der Waals surface area contributed by atoms with Gasteiger partial charge in [-0.2, -0.15) is 0 Å². The lowest BCUT2D eigenvalue weighted by Crippen LogP contribution is -2.50. The van der Waals surface area contributed by atoms with E-state index in [0.717, 1.165) is 12.8 Å². The molecule has 4 nitrogen and oxygen atoms in total. The van der Waals surface area contributed by atoms with E-state index >= 15 is 0 Å². The summed E-state index contributed by atoms with van der Waals surface area (Å²) in [5.74, 6) is -0.302. The largest absolute Gasteiger partial charge is 0.395 e. The summed E-state index contributed by atoms with van der Waals surface area (Å²) >= 11 is 0. The molecule has 1 heterocycles. The maximum atomic E-state index is 12.2. The number of carbonyl (C=O) groups is 2. The smallest absolute Gasteiger partial charge is 0.230 e. The third kappa shape index (κ3) is 1.87. The van der Waals surface area contributed by atoms with Crippen LogP contribution in [0.5, 0.6) is 0 Å². The molecule has 1 spiro atoms. The molecule has 1 aliphatic heterocycles. The van der Waals surface area contributed by atoms with Crippen LogP contribution in [0, 0.1) is 0 Å². The van der Waals surface area contributed by atoms with E-state index in [0.29, 0.717) is 12.8 Å². The highest BCUT2D eigenvalue weighted by molar-refractivity contribution is 5.99. The molecule has 0 radical (unpaired) electrons. The molecule has 0 unspecified atom stereocenters. The van der Waals surface area contributed by atoms with Crippen molar-refractivity contribution in [2.75, 3.05) is 13.2 Å². The van der Waals surface area contributed by atoms with Crippen LogP contribution in [-0.2, 0) is 21.4 Å². The molecule has 1 saturated heterocycles. The van der Waals surface area contributed by atoms with Gasteiger partial charge in [0.2, 0.25) is 11.8 Å². The van der Waals surface area contributed by atoms with E-state index in [1.54, 1.807) is 0 Å². The molecular weight excluding hydrogens is 242 g/mol. The number of piperidine rings is 1. The van der Waals surface area contributed by atoms with Crippen molar-refractivity contribution in [3.63, 3.8) is 0 Å². The summed E-state index contributed by atoms with van der Waals surface area (Å²) in [6.45, 7) is -0.0452. The topological polar surface area (TPSA) is 57.6 Å². The van der Waals surface area contributed by atoms with E-state index in [9.17, 15) is 9.59 Å². The third-order valence-electron chi connectivity index (χ3n) is 4.37. The fourth-order valence-electron chi connectivity index (χ4n) is 3.45. The van der Waals surface area contributed by atoms with Crippen LogP contribution >= 0.6 is 0 Å². The van der Waals surface area contributed by atoms with E-state index < -0.39 is 0 Å². The van der Waals surface area contributed by atoms with Crippen LogP contribution in [-0.4, -0.2) is 35.0 Å². The van der Waals surface area contributed by atoms with E-state index in [-0.39, 0.29) is 30.4 Å². The van der Waals surface area contributed by atoms with Crippen LogP contribution in [0.15, 0.2) is 24.3 Å². The number of β-amino-alcohol motifs (C(OH)–C–C–N with tert-alkyl or cyclic N) is 1. The van der Waals surface area contributed by atoms with Crippen molar-refractivity contribution in [2.45, 2.75) is 31.1 Å².